The van der Waals surface area contributed by atoms with Gasteiger partial charge in [-0.1, -0.05) is 41.6 Å². The molecule has 0 aromatic heterocycles. The first-order chi connectivity index (χ1) is 7.68. The summed E-state index contributed by atoms with van der Waals surface area (Å²) in [5, 5.41) is 1.20. The van der Waals surface area contributed by atoms with Crippen LogP contribution in [-0.2, 0) is 0 Å². The molecule has 1 aliphatic rings. The zero-order chi connectivity index (χ0) is 11.9. The minimum atomic E-state index is 0.605. The molecule has 0 unspecified atom stereocenters. The Morgan fingerprint density at radius 1 is 1.12 bits per heavy atom. The molecule has 0 amide bonds. The summed E-state index contributed by atoms with van der Waals surface area (Å²) in [6.07, 6.45) is 8.67. The molecular formula is C13H26BrNS. The van der Waals surface area contributed by atoms with E-state index in [1.807, 2.05) is 0 Å². The number of thioether (sulfide) groups is 1. The standard InChI is InChI=1S/C13H26BrNS/c1-15(2)9-10-16-12-13(11-14)7-5-3-4-6-8-13/h3-12H2,1-2H3. The molecule has 1 nitrogen and oxygen atoms in total. The summed E-state index contributed by atoms with van der Waals surface area (Å²) < 4.78 is 0. The zero-order valence-corrected chi connectivity index (χ0v) is 13.2. The van der Waals surface area contributed by atoms with Crippen LogP contribution in [0, 0.1) is 5.41 Å². The Morgan fingerprint density at radius 3 is 2.25 bits per heavy atom. The highest BCUT2D eigenvalue weighted by atomic mass is 79.9. The van der Waals surface area contributed by atoms with Crippen LogP contribution in [0.25, 0.3) is 0 Å². The van der Waals surface area contributed by atoms with Gasteiger partial charge < -0.3 is 4.90 Å². The topological polar surface area (TPSA) is 3.24 Å². The molecule has 0 spiro atoms. The number of alkyl halides is 1. The number of nitrogens with zero attached hydrogens (tertiary/aromatic N) is 1. The first-order valence-electron chi connectivity index (χ1n) is 6.47. The van der Waals surface area contributed by atoms with Crippen molar-refractivity contribution < 1.29 is 0 Å². The first-order valence-corrected chi connectivity index (χ1v) is 8.75. The summed E-state index contributed by atoms with van der Waals surface area (Å²) in [5.41, 5.74) is 0.605. The van der Waals surface area contributed by atoms with Crippen molar-refractivity contribution in [3.63, 3.8) is 0 Å². The second-order valence-corrected chi connectivity index (χ2v) is 7.07. The Morgan fingerprint density at radius 2 is 1.75 bits per heavy atom. The Kier molecular flexibility index (Phi) is 7.42. The van der Waals surface area contributed by atoms with Crippen LogP contribution < -0.4 is 0 Å². The second kappa shape index (κ2) is 7.99. The van der Waals surface area contributed by atoms with Crippen LogP contribution in [0.5, 0.6) is 0 Å². The van der Waals surface area contributed by atoms with Gasteiger partial charge in [-0.2, -0.15) is 11.8 Å². The zero-order valence-electron chi connectivity index (χ0n) is 10.8. The van der Waals surface area contributed by atoms with E-state index in [0.717, 1.165) is 0 Å². The molecule has 1 fully saturated rings. The second-order valence-electron chi connectivity index (χ2n) is 5.40. The van der Waals surface area contributed by atoms with Crippen molar-refractivity contribution in [3.8, 4) is 0 Å². The van der Waals surface area contributed by atoms with Crippen molar-refractivity contribution in [2.45, 2.75) is 38.5 Å². The Bertz CT molecular complexity index is 177. The van der Waals surface area contributed by atoms with Gasteiger partial charge in [0, 0.05) is 17.6 Å². The van der Waals surface area contributed by atoms with Gasteiger partial charge in [-0.15, -0.1) is 0 Å². The third kappa shape index (κ3) is 5.42. The maximum atomic E-state index is 3.76. The lowest BCUT2D eigenvalue weighted by Crippen LogP contribution is -2.26. The fourth-order valence-electron chi connectivity index (χ4n) is 2.33. The van der Waals surface area contributed by atoms with Gasteiger partial charge in [0.15, 0.2) is 0 Å². The van der Waals surface area contributed by atoms with Gasteiger partial charge in [-0.25, -0.2) is 0 Å². The maximum absolute atomic E-state index is 3.76. The molecular weight excluding hydrogens is 282 g/mol. The molecule has 0 saturated heterocycles. The van der Waals surface area contributed by atoms with E-state index < -0.39 is 0 Å². The molecule has 96 valence electrons. The Labute approximate surface area is 114 Å². The summed E-state index contributed by atoms with van der Waals surface area (Å²) in [5.74, 6) is 2.63. The van der Waals surface area contributed by atoms with E-state index >= 15 is 0 Å². The smallest absolute Gasteiger partial charge is 0.00958 e. The molecule has 1 saturated carbocycles. The monoisotopic (exact) mass is 307 g/mol. The van der Waals surface area contributed by atoms with Gasteiger partial charge in [-0.05, 0) is 38.1 Å². The van der Waals surface area contributed by atoms with Crippen molar-refractivity contribution >= 4 is 27.7 Å². The highest BCUT2D eigenvalue weighted by Gasteiger charge is 2.29. The van der Waals surface area contributed by atoms with E-state index in [0.29, 0.717) is 5.41 Å². The van der Waals surface area contributed by atoms with E-state index in [4.69, 9.17) is 0 Å². The van der Waals surface area contributed by atoms with Gasteiger partial charge in [0.25, 0.3) is 0 Å². The minimum Gasteiger partial charge on any atom is -0.309 e. The average Bonchev–Trinajstić information content (AvgIpc) is 2.50. The molecule has 0 aromatic rings. The van der Waals surface area contributed by atoms with E-state index in [9.17, 15) is 0 Å². The van der Waals surface area contributed by atoms with Crippen LogP contribution in [0.2, 0.25) is 0 Å². The summed E-state index contributed by atoms with van der Waals surface area (Å²) >= 11 is 5.91. The molecule has 3 heteroatoms. The minimum absolute atomic E-state index is 0.605. The number of halogens is 1. The number of hydrogen-bond acceptors (Lipinski definition) is 2. The van der Waals surface area contributed by atoms with Gasteiger partial charge in [0.2, 0.25) is 0 Å². The Balaban J connectivity index is 2.28. The van der Waals surface area contributed by atoms with E-state index in [1.165, 1.54) is 61.9 Å². The normalized spacial score (nSPS) is 21.0. The van der Waals surface area contributed by atoms with Crippen LogP contribution in [-0.4, -0.2) is 42.4 Å². The summed E-state index contributed by atoms with van der Waals surface area (Å²) in [4.78, 5) is 2.28. The van der Waals surface area contributed by atoms with Crippen molar-refractivity contribution in [3.05, 3.63) is 0 Å². The first kappa shape index (κ1) is 14.8. The van der Waals surface area contributed by atoms with Crippen LogP contribution in [0.15, 0.2) is 0 Å². The van der Waals surface area contributed by atoms with Crippen LogP contribution in [0.1, 0.15) is 38.5 Å². The van der Waals surface area contributed by atoms with E-state index in [1.54, 1.807) is 0 Å². The van der Waals surface area contributed by atoms with E-state index in [2.05, 4.69) is 46.7 Å². The van der Waals surface area contributed by atoms with Gasteiger partial charge in [0.1, 0.15) is 0 Å². The van der Waals surface area contributed by atoms with Crippen LogP contribution in [0.3, 0.4) is 0 Å². The quantitative estimate of drug-likeness (QED) is 0.414. The van der Waals surface area contributed by atoms with Crippen molar-refractivity contribution in [2.75, 3.05) is 37.5 Å². The molecule has 0 bridgehead atoms. The summed E-state index contributed by atoms with van der Waals surface area (Å²) in [6.45, 7) is 1.21. The highest BCUT2D eigenvalue weighted by molar-refractivity contribution is 9.09. The predicted molar refractivity (Wildman–Crippen MR) is 79.8 cm³/mol. The average molecular weight is 308 g/mol. The lowest BCUT2D eigenvalue weighted by molar-refractivity contribution is 0.334. The molecule has 0 aliphatic heterocycles. The lowest BCUT2D eigenvalue weighted by atomic mass is 9.85. The fraction of sp³-hybridized carbons (Fsp3) is 1.00. The lowest BCUT2D eigenvalue weighted by Gasteiger charge is -2.30. The van der Waals surface area contributed by atoms with Crippen molar-refractivity contribution in [1.29, 1.82) is 0 Å². The van der Waals surface area contributed by atoms with Crippen molar-refractivity contribution in [2.24, 2.45) is 5.41 Å². The molecule has 1 rings (SSSR count). The van der Waals surface area contributed by atoms with Gasteiger partial charge in [-0.3, -0.25) is 0 Å². The van der Waals surface area contributed by atoms with Gasteiger partial charge >= 0.3 is 0 Å². The Hall–Kier alpha value is 0.790. The molecule has 0 heterocycles. The molecule has 16 heavy (non-hydrogen) atoms. The molecule has 1 aliphatic carbocycles. The fourth-order valence-corrected chi connectivity index (χ4v) is 4.81. The number of rotatable bonds is 6. The van der Waals surface area contributed by atoms with Crippen LogP contribution in [0.4, 0.5) is 0 Å². The van der Waals surface area contributed by atoms with Crippen LogP contribution >= 0.6 is 27.7 Å². The SMILES string of the molecule is CN(C)CCSCC1(CBr)CCCCCC1. The molecule has 0 aromatic carbocycles. The molecule has 0 atom stereocenters. The third-order valence-corrected chi connectivity index (χ3v) is 6.02. The predicted octanol–water partition coefficient (Wildman–Crippen LogP) is 4.02. The molecule has 0 N–H and O–H groups in total. The van der Waals surface area contributed by atoms with Gasteiger partial charge in [0.05, 0.1) is 0 Å². The summed E-state index contributed by atoms with van der Waals surface area (Å²) in [7, 11) is 4.32. The summed E-state index contributed by atoms with van der Waals surface area (Å²) in [6, 6.07) is 0. The number of hydrogen-bond donors (Lipinski definition) is 0. The van der Waals surface area contributed by atoms with Crippen molar-refractivity contribution in [1.82, 2.24) is 4.90 Å². The maximum Gasteiger partial charge on any atom is 0.00958 e. The third-order valence-electron chi connectivity index (χ3n) is 3.54. The largest absolute Gasteiger partial charge is 0.309 e. The highest BCUT2D eigenvalue weighted by Crippen LogP contribution is 2.39. The molecule has 0 radical (unpaired) electrons. The van der Waals surface area contributed by atoms with E-state index in [-0.39, 0.29) is 0 Å².